The van der Waals surface area contributed by atoms with Crippen LogP contribution in [0.3, 0.4) is 0 Å². The summed E-state index contributed by atoms with van der Waals surface area (Å²) in [6.45, 7) is 19.5. The number of hydrogen-bond donors (Lipinski definition) is 0. The fraction of sp³-hybridized carbons (Fsp3) is 0.410. The Balaban J connectivity index is 1.25. The Kier molecular flexibility index (Phi) is 10.1. The van der Waals surface area contributed by atoms with Gasteiger partial charge in [0.2, 0.25) is 0 Å². The van der Waals surface area contributed by atoms with Gasteiger partial charge in [0.1, 0.15) is 0 Å². The van der Waals surface area contributed by atoms with Crippen LogP contribution in [0.25, 0.3) is 11.1 Å². The second-order valence-electron chi connectivity index (χ2n) is 22.9. The topological polar surface area (TPSA) is 6.48 Å². The van der Waals surface area contributed by atoms with E-state index in [4.69, 9.17) is 0 Å². The first-order valence-electron chi connectivity index (χ1n) is 25.2. The van der Waals surface area contributed by atoms with Gasteiger partial charge < -0.3 is 9.80 Å². The molecule has 0 fully saturated rings. The number of anilines is 6. The third kappa shape index (κ3) is 6.98. The highest BCUT2D eigenvalue weighted by Gasteiger charge is 2.47. The molecule has 2 heterocycles. The van der Waals surface area contributed by atoms with Gasteiger partial charge in [0.25, 0.3) is 6.71 Å². The van der Waals surface area contributed by atoms with Crippen LogP contribution < -0.4 is 26.2 Å². The molecule has 64 heavy (non-hydrogen) atoms. The molecule has 0 saturated heterocycles. The Bertz CT molecular complexity index is 2800. The first-order valence-corrected chi connectivity index (χ1v) is 25.2. The number of benzene rings is 6. The summed E-state index contributed by atoms with van der Waals surface area (Å²) in [5.41, 5.74) is 27.2. The number of fused-ring (bicyclic) bond motifs is 7. The Morgan fingerprint density at radius 2 is 1.05 bits per heavy atom. The molecule has 2 aliphatic heterocycles. The summed E-state index contributed by atoms with van der Waals surface area (Å²) in [5, 5.41) is 0. The fourth-order valence-electron chi connectivity index (χ4n) is 12.6. The third-order valence-corrected chi connectivity index (χ3v) is 16.4. The maximum absolute atomic E-state index is 2.73. The zero-order chi connectivity index (χ0) is 44.1. The lowest BCUT2D eigenvalue weighted by atomic mass is 9.33. The first-order chi connectivity index (χ1) is 30.8. The number of nitrogens with zero attached hydrogens (tertiary/aromatic N) is 2. The summed E-state index contributed by atoms with van der Waals surface area (Å²) in [6.07, 6.45) is 17.6. The molecule has 3 heteroatoms. The largest absolute Gasteiger partial charge is 0.311 e. The lowest BCUT2D eigenvalue weighted by molar-refractivity contribution is 0.332. The molecule has 0 saturated carbocycles. The Morgan fingerprint density at radius 1 is 0.484 bits per heavy atom. The van der Waals surface area contributed by atoms with Gasteiger partial charge in [-0.2, -0.15) is 0 Å². The molecule has 6 aromatic carbocycles. The van der Waals surface area contributed by atoms with Crippen molar-refractivity contribution in [3.8, 4) is 11.1 Å². The molecule has 326 valence electrons. The monoisotopic (exact) mass is 841 g/mol. The van der Waals surface area contributed by atoms with Crippen molar-refractivity contribution in [2.75, 3.05) is 9.80 Å². The van der Waals surface area contributed by atoms with Crippen molar-refractivity contribution in [3.63, 3.8) is 0 Å². The van der Waals surface area contributed by atoms with Gasteiger partial charge in [0.15, 0.2) is 0 Å². The smallest absolute Gasteiger partial charge is 0.252 e. The van der Waals surface area contributed by atoms with E-state index in [1.54, 1.807) is 27.8 Å². The maximum atomic E-state index is 2.73. The van der Waals surface area contributed by atoms with Crippen LogP contribution in [-0.2, 0) is 41.9 Å². The second-order valence-corrected chi connectivity index (χ2v) is 22.9. The molecule has 6 aromatic rings. The Morgan fingerprint density at radius 3 is 1.70 bits per heavy atom. The molecule has 0 atom stereocenters. The molecule has 2 nitrogen and oxygen atoms in total. The molecule has 0 amide bonds. The van der Waals surface area contributed by atoms with E-state index in [9.17, 15) is 0 Å². The van der Waals surface area contributed by atoms with Gasteiger partial charge in [-0.05, 0) is 202 Å². The van der Waals surface area contributed by atoms with Crippen molar-refractivity contribution < 1.29 is 0 Å². The molecule has 0 aromatic heterocycles. The predicted octanol–water partition coefficient (Wildman–Crippen LogP) is 14.7. The van der Waals surface area contributed by atoms with Crippen LogP contribution in [0.2, 0.25) is 0 Å². The van der Waals surface area contributed by atoms with Crippen LogP contribution in [-0.4, -0.2) is 6.71 Å². The van der Waals surface area contributed by atoms with Crippen LogP contribution in [0, 0.1) is 6.92 Å². The van der Waals surface area contributed by atoms with Crippen LogP contribution in [0.5, 0.6) is 0 Å². The standard InChI is InChI=1S/C61H69BN2/c1-40-32-56-58-57(33-40)64(53-29-27-46(59(2,3)4)37-48(53)42-21-18-13-19-22-42)55-39-50-49(60(5,6)30-31-61(50,7)8)38-52(55)62(58)51-35-44-24-16-11-12-17-25-45(44)36-54(51)63(56)47-28-26-41-20-14-9-10-15-23-43(41)34-47/h13,18-19,21-22,26-29,32-39H,9-12,14-17,20,23-25,30-31H2,1-8H3. The predicted molar refractivity (Wildman–Crippen MR) is 276 cm³/mol. The normalized spacial score (nSPS) is 18.5. The van der Waals surface area contributed by atoms with Gasteiger partial charge in [-0.25, -0.2) is 0 Å². The van der Waals surface area contributed by atoms with Gasteiger partial charge in [0.05, 0.1) is 5.69 Å². The average Bonchev–Trinajstić information content (AvgIpc) is 3.25. The van der Waals surface area contributed by atoms with Gasteiger partial charge in [-0.15, -0.1) is 0 Å². The van der Waals surface area contributed by atoms with E-state index in [1.165, 1.54) is 168 Å². The highest BCUT2D eigenvalue weighted by Crippen LogP contribution is 2.52. The minimum Gasteiger partial charge on any atom is -0.311 e. The third-order valence-electron chi connectivity index (χ3n) is 16.4. The molecule has 0 bridgehead atoms. The lowest BCUT2D eigenvalue weighted by Crippen LogP contribution is -2.62. The minimum atomic E-state index is 0.0123. The Hall–Kier alpha value is -5.02. The van der Waals surface area contributed by atoms with E-state index in [0.29, 0.717) is 0 Å². The zero-order valence-electron chi connectivity index (χ0n) is 40.2. The molecule has 0 N–H and O–H groups in total. The average molecular weight is 841 g/mol. The number of hydrogen-bond acceptors (Lipinski definition) is 2. The Labute approximate surface area is 385 Å². The summed E-state index contributed by atoms with van der Waals surface area (Å²) in [6, 6.07) is 42.0. The van der Waals surface area contributed by atoms with Crippen molar-refractivity contribution in [2.24, 2.45) is 0 Å². The number of aryl methyl sites for hydroxylation is 5. The molecular weight excluding hydrogens is 771 g/mol. The second kappa shape index (κ2) is 15.6. The van der Waals surface area contributed by atoms with E-state index < -0.39 is 0 Å². The van der Waals surface area contributed by atoms with Gasteiger partial charge in [0, 0.05) is 34.0 Å². The molecule has 0 spiro atoms. The highest BCUT2D eigenvalue weighted by atomic mass is 15.2. The van der Waals surface area contributed by atoms with Crippen molar-refractivity contribution in [1.29, 1.82) is 0 Å². The molecule has 3 aliphatic carbocycles. The molecular formula is C61H69BN2. The fourth-order valence-corrected chi connectivity index (χ4v) is 12.6. The minimum absolute atomic E-state index is 0.0123. The number of rotatable bonds is 3. The van der Waals surface area contributed by atoms with Crippen molar-refractivity contribution in [3.05, 3.63) is 148 Å². The summed E-state index contributed by atoms with van der Waals surface area (Å²) in [4.78, 5) is 5.45. The summed E-state index contributed by atoms with van der Waals surface area (Å²) in [7, 11) is 0. The van der Waals surface area contributed by atoms with Crippen molar-refractivity contribution >= 4 is 57.2 Å². The zero-order valence-corrected chi connectivity index (χ0v) is 40.2. The van der Waals surface area contributed by atoms with Crippen LogP contribution in [0.1, 0.15) is 157 Å². The van der Waals surface area contributed by atoms with Gasteiger partial charge >= 0.3 is 0 Å². The van der Waals surface area contributed by atoms with Crippen LogP contribution >= 0.6 is 0 Å². The van der Waals surface area contributed by atoms with E-state index >= 15 is 0 Å². The van der Waals surface area contributed by atoms with Crippen LogP contribution in [0.15, 0.2) is 103 Å². The van der Waals surface area contributed by atoms with E-state index in [1.807, 2.05) is 0 Å². The van der Waals surface area contributed by atoms with Crippen molar-refractivity contribution in [2.45, 2.75) is 162 Å². The quantitative estimate of drug-likeness (QED) is 0.164. The van der Waals surface area contributed by atoms with Crippen molar-refractivity contribution in [1.82, 2.24) is 0 Å². The van der Waals surface area contributed by atoms with Gasteiger partial charge in [-0.3, -0.25) is 0 Å². The maximum Gasteiger partial charge on any atom is 0.252 e. The van der Waals surface area contributed by atoms with E-state index in [-0.39, 0.29) is 23.0 Å². The molecule has 0 radical (unpaired) electrons. The SMILES string of the molecule is Cc1cc2c3c(c1)N(c1ccc(C(C)(C)C)cc1-c1ccccc1)c1cc4c(cc1B3c1cc3c(cc1N2c1ccc2c(c1)CCCCCC2)CCCCCC3)C(C)(C)CCC4(C)C. The summed E-state index contributed by atoms with van der Waals surface area (Å²) >= 11 is 0. The first kappa shape index (κ1) is 41.7. The lowest BCUT2D eigenvalue weighted by Gasteiger charge is -2.48. The van der Waals surface area contributed by atoms with E-state index in [2.05, 4.69) is 168 Å². The molecule has 11 rings (SSSR count). The summed E-state index contributed by atoms with van der Waals surface area (Å²) < 4.78 is 0. The van der Waals surface area contributed by atoms with Crippen LogP contribution in [0.4, 0.5) is 34.1 Å². The van der Waals surface area contributed by atoms with E-state index in [0.717, 1.165) is 0 Å². The summed E-state index contributed by atoms with van der Waals surface area (Å²) in [5.74, 6) is 0. The molecule has 5 aliphatic rings. The van der Waals surface area contributed by atoms with Gasteiger partial charge in [-0.1, -0.05) is 129 Å². The molecule has 0 unspecified atom stereocenters. The highest BCUT2D eigenvalue weighted by molar-refractivity contribution is 7.00.